The molecule has 0 aromatic heterocycles. The largest absolute Gasteiger partial charge is 0.0842 e. The highest BCUT2D eigenvalue weighted by Crippen LogP contribution is 2.80. The molecule has 0 nitrogen and oxygen atoms in total. The summed E-state index contributed by atoms with van der Waals surface area (Å²) in [6.07, 6.45) is 33.6. The van der Waals surface area contributed by atoms with E-state index in [2.05, 4.69) is 158 Å². The summed E-state index contributed by atoms with van der Waals surface area (Å²) in [7, 11) is 0. The Bertz CT molecular complexity index is 2970. The Kier molecular flexibility index (Phi) is 11.4. The van der Waals surface area contributed by atoms with Gasteiger partial charge in [-0.15, -0.1) is 0 Å². The fourth-order valence-corrected chi connectivity index (χ4v) is 25.6. The first-order valence-electron chi connectivity index (χ1n) is 32.5. The lowest BCUT2D eigenvalue weighted by Crippen LogP contribution is -2.59. The highest BCUT2D eigenvalue weighted by Gasteiger charge is 2.73. The molecule has 0 spiro atoms. The molecule has 5 aromatic carbocycles. The molecule has 0 aliphatic heterocycles. The normalized spacial score (nSPS) is 45.0. The van der Waals surface area contributed by atoms with Gasteiger partial charge < -0.3 is 0 Å². The summed E-state index contributed by atoms with van der Waals surface area (Å²) >= 11 is 0. The van der Waals surface area contributed by atoms with Gasteiger partial charge in [0, 0.05) is 0 Å². The average Bonchev–Trinajstić information content (AvgIpc) is 4.09. The van der Waals surface area contributed by atoms with Gasteiger partial charge in [0.2, 0.25) is 0 Å². The summed E-state index contributed by atoms with van der Waals surface area (Å²) in [6.45, 7) is 0. The molecule has 24 atom stereocenters. The Hall–Kier alpha value is -4.42. The van der Waals surface area contributed by atoms with Crippen LogP contribution in [0.25, 0.3) is 16.7 Å². The van der Waals surface area contributed by atoms with Crippen molar-refractivity contribution in [2.24, 2.45) is 118 Å². The van der Waals surface area contributed by atoms with Gasteiger partial charge in [0.15, 0.2) is 0 Å². The molecule has 5 aromatic rings. The van der Waals surface area contributed by atoms with Gasteiger partial charge in [0.05, 0.1) is 0 Å². The predicted octanol–water partition coefficient (Wildman–Crippen LogP) is 19.2. The first kappa shape index (κ1) is 46.5. The van der Waals surface area contributed by atoms with Gasteiger partial charge in [0.25, 0.3) is 0 Å². The third kappa shape index (κ3) is 6.79. The topological polar surface area (TPSA) is 0 Å². The summed E-state index contributed by atoms with van der Waals surface area (Å²) in [5, 5.41) is 0. The minimum absolute atomic E-state index is 0.687. The van der Waals surface area contributed by atoms with Crippen LogP contribution in [0.2, 0.25) is 0 Å². The zero-order valence-corrected chi connectivity index (χ0v) is 45.6. The Balaban J connectivity index is 0.773. The van der Waals surface area contributed by atoms with E-state index in [1.54, 1.807) is 64.6 Å². The van der Waals surface area contributed by atoms with Crippen molar-refractivity contribution in [1.82, 2.24) is 0 Å². The maximum Gasteiger partial charge on any atom is -0.00905 e. The fraction of sp³-hybridized carbons (Fsp3) is 0.553. The summed E-state index contributed by atoms with van der Waals surface area (Å²) < 4.78 is 0. The molecule has 11 saturated carbocycles. The maximum absolute atomic E-state index is 2.70. The lowest BCUT2D eigenvalue weighted by Gasteiger charge is -2.65. The number of fused-ring (bicyclic) bond motifs is 10. The minimum Gasteiger partial charge on any atom is -0.0842 e. The number of allylic oxidation sites excluding steroid dienone is 4. The van der Waals surface area contributed by atoms with Crippen LogP contribution >= 0.6 is 0 Å². The molecule has 76 heavy (non-hydrogen) atoms. The number of benzene rings is 5. The molecule has 0 saturated heterocycles. The van der Waals surface area contributed by atoms with E-state index in [1.165, 1.54) is 95.5 Å². The van der Waals surface area contributed by atoms with Crippen LogP contribution in [-0.4, -0.2) is 0 Å². The Morgan fingerprint density at radius 2 is 0.632 bits per heavy atom. The standard InChI is InChI=1S/C76H86/c1-5-21-45(22-6-1)49-29-13-15-31-51(49)69-55-35-19-17-33-53(55)65(47-25-9-3-10-26-47)73-61-41-37-57-58-38-42-62-72-64(44-40-60(68(58)72)59-39-43-63(75(69)73)71(61)67(57)59)76-70(52-32-16-14-30-50(52)46-23-7-2-8-24-46)56-36-20-18-34-54(56)66(74(62)76)48-27-11-4-12-28-48/h1-7,9-16,21-23,25-32,53-76H,8,17-20,24,33-44H2. The Morgan fingerprint density at radius 3 is 1.08 bits per heavy atom. The third-order valence-corrected chi connectivity index (χ3v) is 26.9. The predicted molar refractivity (Wildman–Crippen MR) is 312 cm³/mol. The van der Waals surface area contributed by atoms with E-state index in [0.717, 1.165) is 130 Å². The molecule has 11 fully saturated rings. The van der Waals surface area contributed by atoms with E-state index in [-0.39, 0.29) is 0 Å². The maximum atomic E-state index is 2.70. The number of rotatable bonds is 6. The molecular weight excluding hydrogens is 913 g/mol. The van der Waals surface area contributed by atoms with E-state index in [0.29, 0.717) is 11.8 Å². The molecule has 0 amide bonds. The van der Waals surface area contributed by atoms with Crippen molar-refractivity contribution in [3.8, 4) is 11.1 Å². The van der Waals surface area contributed by atoms with Crippen LogP contribution in [0.15, 0.2) is 158 Å². The second-order valence-corrected chi connectivity index (χ2v) is 28.6. The molecule has 12 aliphatic rings. The average molecular weight is 1000 g/mol. The smallest absolute Gasteiger partial charge is 0.00905 e. The van der Waals surface area contributed by atoms with Crippen LogP contribution in [0.1, 0.15) is 167 Å². The van der Waals surface area contributed by atoms with E-state index in [4.69, 9.17) is 0 Å². The van der Waals surface area contributed by atoms with Gasteiger partial charge in [-0.3, -0.25) is 0 Å². The van der Waals surface area contributed by atoms with Crippen LogP contribution < -0.4 is 0 Å². The van der Waals surface area contributed by atoms with E-state index in [9.17, 15) is 0 Å². The van der Waals surface area contributed by atoms with Gasteiger partial charge in [-0.1, -0.05) is 183 Å². The molecule has 0 heteroatoms. The fourth-order valence-electron chi connectivity index (χ4n) is 25.6. The lowest BCUT2D eigenvalue weighted by molar-refractivity contribution is -0.171. The third-order valence-electron chi connectivity index (χ3n) is 26.9. The van der Waals surface area contributed by atoms with Crippen molar-refractivity contribution in [2.75, 3.05) is 0 Å². The highest BCUT2D eigenvalue weighted by atomic mass is 14.8. The summed E-state index contributed by atoms with van der Waals surface area (Å²) in [4.78, 5) is 0. The second kappa shape index (κ2) is 18.6. The van der Waals surface area contributed by atoms with E-state index in [1.807, 2.05) is 0 Å². The van der Waals surface area contributed by atoms with Crippen molar-refractivity contribution < 1.29 is 0 Å². The van der Waals surface area contributed by atoms with Crippen molar-refractivity contribution in [2.45, 2.75) is 139 Å². The molecule has 0 radical (unpaired) electrons. The molecule has 0 bridgehead atoms. The Morgan fingerprint density at radius 1 is 0.276 bits per heavy atom. The summed E-state index contributed by atoms with van der Waals surface area (Å²) in [5.41, 5.74) is 13.3. The number of hydrogen-bond acceptors (Lipinski definition) is 0. The zero-order chi connectivity index (χ0) is 49.6. The van der Waals surface area contributed by atoms with Crippen LogP contribution in [0, 0.1) is 118 Å². The summed E-state index contributed by atoms with van der Waals surface area (Å²) in [5.74, 6) is 20.8. The first-order chi connectivity index (χ1) is 37.8. The quantitative estimate of drug-likeness (QED) is 0.159. The van der Waals surface area contributed by atoms with Crippen molar-refractivity contribution in [1.29, 1.82) is 0 Å². The first-order valence-corrected chi connectivity index (χ1v) is 32.5. The van der Waals surface area contributed by atoms with Gasteiger partial charge in [0.1, 0.15) is 0 Å². The Labute approximate surface area is 457 Å². The molecule has 390 valence electrons. The zero-order valence-electron chi connectivity index (χ0n) is 45.6. The minimum atomic E-state index is 0.687. The van der Waals surface area contributed by atoms with Crippen molar-refractivity contribution >= 4 is 5.57 Å². The molecule has 12 aliphatic carbocycles. The van der Waals surface area contributed by atoms with E-state index < -0.39 is 0 Å². The van der Waals surface area contributed by atoms with Gasteiger partial charge in [-0.05, 0) is 276 Å². The SMILES string of the molecule is C1=CCCC(c2ccccc2C2C3CCCCC3C(c3ccccc3)C3C4CCC5C6CCC7C8C(CCC(C9CCC(C4C59)C23)C68)C2C(c3ccccc3-c3ccccc3)C3CCCCC3C(c3ccccc3)C72)=C1. The highest BCUT2D eigenvalue weighted by molar-refractivity contribution is 5.72. The summed E-state index contributed by atoms with van der Waals surface area (Å²) in [6, 6.07) is 56.7. The van der Waals surface area contributed by atoms with Crippen molar-refractivity contribution in [3.63, 3.8) is 0 Å². The van der Waals surface area contributed by atoms with Gasteiger partial charge >= 0.3 is 0 Å². The van der Waals surface area contributed by atoms with Crippen molar-refractivity contribution in [3.05, 3.63) is 186 Å². The van der Waals surface area contributed by atoms with Crippen LogP contribution in [0.3, 0.4) is 0 Å². The van der Waals surface area contributed by atoms with Crippen LogP contribution in [-0.2, 0) is 0 Å². The van der Waals surface area contributed by atoms with E-state index >= 15 is 0 Å². The molecule has 0 heterocycles. The monoisotopic (exact) mass is 999 g/mol. The molecule has 17 rings (SSSR count). The number of hydrogen-bond donors (Lipinski definition) is 0. The molecule has 0 N–H and O–H groups in total. The molecule has 24 unspecified atom stereocenters. The van der Waals surface area contributed by atoms with Gasteiger partial charge in [-0.2, -0.15) is 0 Å². The molecular formula is C76H86. The van der Waals surface area contributed by atoms with Gasteiger partial charge in [-0.25, -0.2) is 0 Å². The second-order valence-electron chi connectivity index (χ2n) is 28.6. The van der Waals surface area contributed by atoms with Crippen LogP contribution in [0.4, 0.5) is 0 Å². The lowest BCUT2D eigenvalue weighted by atomic mass is 9.39. The van der Waals surface area contributed by atoms with Crippen LogP contribution in [0.5, 0.6) is 0 Å².